The molecular weight excluding hydrogens is 362 g/mol. The third kappa shape index (κ3) is 3.81. The summed E-state index contributed by atoms with van der Waals surface area (Å²) in [6.45, 7) is 1.80. The minimum atomic E-state index is -0.728. The van der Waals surface area contributed by atoms with E-state index >= 15 is 0 Å². The van der Waals surface area contributed by atoms with Crippen molar-refractivity contribution in [2.75, 3.05) is 11.9 Å². The van der Waals surface area contributed by atoms with Gasteiger partial charge in [-0.25, -0.2) is 19.7 Å². The second kappa shape index (κ2) is 7.66. The number of esters is 1. The molecule has 11 heteroatoms. The Hall–Kier alpha value is -3.40. The second-order valence-electron chi connectivity index (χ2n) is 4.82. The first-order valence-corrected chi connectivity index (χ1v) is 7.79. The smallest absolute Gasteiger partial charge is 0.359 e. The lowest BCUT2D eigenvalue weighted by atomic mass is 10.3. The van der Waals surface area contributed by atoms with Gasteiger partial charge in [-0.05, 0) is 30.7 Å². The molecular formula is C15H12ClN7O3. The monoisotopic (exact) mass is 373 g/mol. The minimum Gasteiger partial charge on any atom is -0.461 e. The van der Waals surface area contributed by atoms with Crippen LogP contribution in [0.25, 0.3) is 5.82 Å². The SMILES string of the molecule is CCOC(=O)c1nc(Cl)ncc1NC(=O)c1ccc(-n2ccnc2)nn1. The van der Waals surface area contributed by atoms with Gasteiger partial charge < -0.3 is 10.1 Å². The Morgan fingerprint density at radius 3 is 2.81 bits per heavy atom. The normalized spacial score (nSPS) is 10.4. The van der Waals surface area contributed by atoms with Gasteiger partial charge in [-0.15, -0.1) is 10.2 Å². The first-order valence-electron chi connectivity index (χ1n) is 7.41. The lowest BCUT2D eigenvalue weighted by Gasteiger charge is -2.09. The van der Waals surface area contributed by atoms with Gasteiger partial charge in [-0.3, -0.25) is 9.36 Å². The molecule has 0 aliphatic carbocycles. The highest BCUT2D eigenvalue weighted by atomic mass is 35.5. The molecule has 1 N–H and O–H groups in total. The number of carbonyl (C=O) groups excluding carboxylic acids is 2. The molecule has 0 bridgehead atoms. The maximum atomic E-state index is 12.4. The van der Waals surface area contributed by atoms with Crippen molar-refractivity contribution in [3.8, 4) is 5.82 Å². The highest BCUT2D eigenvalue weighted by Gasteiger charge is 2.19. The Labute approximate surface area is 152 Å². The molecule has 0 aliphatic rings. The molecule has 3 rings (SSSR count). The molecule has 0 atom stereocenters. The number of ether oxygens (including phenoxy) is 1. The first kappa shape index (κ1) is 17.4. The number of carbonyl (C=O) groups is 2. The van der Waals surface area contributed by atoms with E-state index < -0.39 is 11.9 Å². The summed E-state index contributed by atoms with van der Waals surface area (Å²) in [4.78, 5) is 35.8. The van der Waals surface area contributed by atoms with E-state index in [0.717, 1.165) is 0 Å². The zero-order valence-electron chi connectivity index (χ0n) is 13.5. The van der Waals surface area contributed by atoms with Gasteiger partial charge in [-0.2, -0.15) is 0 Å². The van der Waals surface area contributed by atoms with E-state index in [1.54, 1.807) is 36.3 Å². The fourth-order valence-electron chi connectivity index (χ4n) is 1.97. The zero-order valence-corrected chi connectivity index (χ0v) is 14.2. The Morgan fingerprint density at radius 1 is 1.31 bits per heavy atom. The van der Waals surface area contributed by atoms with Crippen LogP contribution in [-0.4, -0.2) is 48.2 Å². The van der Waals surface area contributed by atoms with Crippen molar-refractivity contribution in [1.29, 1.82) is 0 Å². The van der Waals surface area contributed by atoms with E-state index in [1.807, 2.05) is 0 Å². The van der Waals surface area contributed by atoms with E-state index in [2.05, 4.69) is 30.5 Å². The van der Waals surface area contributed by atoms with Gasteiger partial charge in [0.1, 0.15) is 6.33 Å². The van der Waals surface area contributed by atoms with Crippen LogP contribution >= 0.6 is 11.6 Å². The summed E-state index contributed by atoms with van der Waals surface area (Å²) in [5, 5.41) is 10.2. The number of anilines is 1. The number of hydrogen-bond donors (Lipinski definition) is 1. The Kier molecular flexibility index (Phi) is 5.13. The lowest BCUT2D eigenvalue weighted by Crippen LogP contribution is -2.19. The average Bonchev–Trinajstić information content (AvgIpc) is 3.18. The summed E-state index contributed by atoms with van der Waals surface area (Å²) in [5.41, 5.74) is -0.0554. The minimum absolute atomic E-state index is 0.0404. The molecule has 0 spiro atoms. The molecule has 132 valence electrons. The third-order valence-electron chi connectivity index (χ3n) is 3.13. The quantitative estimate of drug-likeness (QED) is 0.527. The van der Waals surface area contributed by atoms with Crippen LogP contribution in [0.3, 0.4) is 0 Å². The number of hydrogen-bond acceptors (Lipinski definition) is 8. The van der Waals surface area contributed by atoms with Crippen molar-refractivity contribution in [2.24, 2.45) is 0 Å². The van der Waals surface area contributed by atoms with Crippen LogP contribution in [0.2, 0.25) is 5.28 Å². The van der Waals surface area contributed by atoms with Crippen LogP contribution in [-0.2, 0) is 4.74 Å². The van der Waals surface area contributed by atoms with E-state index in [4.69, 9.17) is 16.3 Å². The van der Waals surface area contributed by atoms with Crippen LogP contribution in [0.5, 0.6) is 0 Å². The van der Waals surface area contributed by atoms with E-state index in [9.17, 15) is 9.59 Å². The largest absolute Gasteiger partial charge is 0.461 e. The molecule has 3 aromatic rings. The molecule has 26 heavy (non-hydrogen) atoms. The second-order valence-corrected chi connectivity index (χ2v) is 5.16. The van der Waals surface area contributed by atoms with Crippen molar-refractivity contribution in [3.63, 3.8) is 0 Å². The highest BCUT2D eigenvalue weighted by molar-refractivity contribution is 6.28. The Balaban J connectivity index is 1.81. The van der Waals surface area contributed by atoms with Crippen LogP contribution in [0, 0.1) is 0 Å². The predicted molar refractivity (Wildman–Crippen MR) is 90.1 cm³/mol. The number of rotatable bonds is 5. The molecule has 3 aromatic heterocycles. The first-order chi connectivity index (χ1) is 12.6. The summed E-state index contributed by atoms with van der Waals surface area (Å²) >= 11 is 5.71. The van der Waals surface area contributed by atoms with Crippen LogP contribution in [0.1, 0.15) is 27.9 Å². The third-order valence-corrected chi connectivity index (χ3v) is 3.31. The van der Waals surface area contributed by atoms with Crippen molar-refractivity contribution < 1.29 is 14.3 Å². The van der Waals surface area contributed by atoms with Gasteiger partial charge in [-0.1, -0.05) is 0 Å². The van der Waals surface area contributed by atoms with Gasteiger partial charge in [0.2, 0.25) is 5.28 Å². The average molecular weight is 374 g/mol. The number of halogens is 1. The number of nitrogens with one attached hydrogen (secondary N) is 1. The fraction of sp³-hybridized carbons (Fsp3) is 0.133. The molecule has 0 saturated carbocycles. The molecule has 0 aromatic carbocycles. The van der Waals surface area contributed by atoms with Crippen molar-refractivity contribution in [1.82, 2.24) is 29.7 Å². The molecule has 0 saturated heterocycles. The zero-order chi connectivity index (χ0) is 18.5. The van der Waals surface area contributed by atoms with Crippen molar-refractivity contribution in [3.05, 3.63) is 53.7 Å². The molecule has 0 fully saturated rings. The summed E-state index contributed by atoms with van der Waals surface area (Å²) in [7, 11) is 0. The van der Waals surface area contributed by atoms with Gasteiger partial charge in [0.05, 0.1) is 18.5 Å². The molecule has 10 nitrogen and oxygen atoms in total. The molecule has 0 aliphatic heterocycles. The topological polar surface area (TPSA) is 125 Å². The molecule has 0 radical (unpaired) electrons. The van der Waals surface area contributed by atoms with E-state index in [1.165, 1.54) is 12.3 Å². The summed E-state index contributed by atoms with van der Waals surface area (Å²) in [5.74, 6) is -0.819. The van der Waals surface area contributed by atoms with Crippen molar-refractivity contribution in [2.45, 2.75) is 6.92 Å². The van der Waals surface area contributed by atoms with Crippen molar-refractivity contribution >= 4 is 29.2 Å². The van der Waals surface area contributed by atoms with Crippen LogP contribution in [0.4, 0.5) is 5.69 Å². The molecule has 1 amide bonds. The predicted octanol–water partition coefficient (Wildman–Crippen LogP) is 1.53. The van der Waals surface area contributed by atoms with Gasteiger partial charge in [0.25, 0.3) is 5.91 Å². The highest BCUT2D eigenvalue weighted by Crippen LogP contribution is 2.16. The van der Waals surface area contributed by atoms with Gasteiger partial charge in [0.15, 0.2) is 17.2 Å². The maximum absolute atomic E-state index is 12.4. The summed E-state index contributed by atoms with van der Waals surface area (Å²) in [6, 6.07) is 3.09. The Bertz CT molecular complexity index is 929. The van der Waals surface area contributed by atoms with Crippen LogP contribution < -0.4 is 5.32 Å². The maximum Gasteiger partial charge on any atom is 0.359 e. The number of aromatic nitrogens is 6. The van der Waals surface area contributed by atoms with Gasteiger partial charge in [0, 0.05) is 12.4 Å². The summed E-state index contributed by atoms with van der Waals surface area (Å²) in [6.07, 6.45) is 6.06. The summed E-state index contributed by atoms with van der Waals surface area (Å²) < 4.78 is 6.53. The number of imidazole rings is 1. The van der Waals surface area contributed by atoms with E-state index in [-0.39, 0.29) is 29.0 Å². The van der Waals surface area contributed by atoms with E-state index in [0.29, 0.717) is 5.82 Å². The number of amides is 1. The van der Waals surface area contributed by atoms with Gasteiger partial charge >= 0.3 is 5.97 Å². The Morgan fingerprint density at radius 2 is 2.15 bits per heavy atom. The molecule has 3 heterocycles. The fourth-order valence-corrected chi connectivity index (χ4v) is 2.11. The standard InChI is InChI=1S/C15H12ClN7O3/c1-2-26-14(25)12-10(7-18-15(16)20-12)19-13(24)9-3-4-11(22-21-9)23-6-5-17-8-23/h3-8H,2H2,1H3,(H,19,24). The number of nitrogens with zero attached hydrogens (tertiary/aromatic N) is 6. The lowest BCUT2D eigenvalue weighted by molar-refractivity contribution is 0.0520. The van der Waals surface area contributed by atoms with Crippen LogP contribution in [0.15, 0.2) is 37.1 Å². The molecule has 0 unspecified atom stereocenters.